The number of hydrogen-bond acceptors (Lipinski definition) is 3. The summed E-state index contributed by atoms with van der Waals surface area (Å²) >= 11 is 17.7. The predicted octanol–water partition coefficient (Wildman–Crippen LogP) is 4.49. The first-order valence-electron chi connectivity index (χ1n) is 7.26. The van der Waals surface area contributed by atoms with E-state index in [4.69, 9.17) is 45.3 Å². The molecule has 0 aromatic heterocycles. The van der Waals surface area contributed by atoms with Gasteiger partial charge in [-0.05, 0) is 29.8 Å². The number of amides is 2. The zero-order valence-electron chi connectivity index (χ0n) is 13.0. The third-order valence-electron chi connectivity index (χ3n) is 3.36. The van der Waals surface area contributed by atoms with Crippen LogP contribution in [0.15, 0.2) is 42.5 Å². The summed E-state index contributed by atoms with van der Waals surface area (Å²) in [4.78, 5) is 23.3. The number of benzene rings is 2. The number of urea groups is 1. The average Bonchev–Trinajstić information content (AvgIpc) is 2.53. The van der Waals surface area contributed by atoms with Crippen molar-refractivity contribution in [2.24, 2.45) is 5.73 Å². The van der Waals surface area contributed by atoms with Gasteiger partial charge in [-0.1, -0.05) is 53.0 Å². The molecule has 0 saturated heterocycles. The van der Waals surface area contributed by atoms with Gasteiger partial charge in [-0.25, -0.2) is 4.79 Å². The molecule has 25 heavy (non-hydrogen) atoms. The number of carbonyl (C=O) groups excluding carboxylic acids is 2. The predicted molar refractivity (Wildman–Crippen MR) is 97.8 cm³/mol. The zero-order valence-corrected chi connectivity index (χ0v) is 15.2. The molecule has 0 unspecified atom stereocenters. The number of hydrogen-bond donors (Lipinski definition) is 2. The molecular formula is C17H15Cl3N2O3. The van der Waals surface area contributed by atoms with E-state index in [9.17, 15) is 9.59 Å². The van der Waals surface area contributed by atoms with Crippen LogP contribution in [0.1, 0.15) is 23.6 Å². The van der Waals surface area contributed by atoms with E-state index in [-0.39, 0.29) is 13.0 Å². The van der Waals surface area contributed by atoms with Crippen molar-refractivity contribution in [3.8, 4) is 0 Å². The highest BCUT2D eigenvalue weighted by molar-refractivity contribution is 6.35. The Kier molecular flexibility index (Phi) is 6.93. The van der Waals surface area contributed by atoms with Gasteiger partial charge in [-0.2, -0.15) is 0 Å². The van der Waals surface area contributed by atoms with Gasteiger partial charge < -0.3 is 15.8 Å². The largest absolute Gasteiger partial charge is 0.461 e. The van der Waals surface area contributed by atoms with Crippen molar-refractivity contribution in [1.29, 1.82) is 0 Å². The highest BCUT2D eigenvalue weighted by Gasteiger charge is 2.19. The average molecular weight is 402 g/mol. The first-order valence-corrected chi connectivity index (χ1v) is 8.39. The SMILES string of the molecule is NC(=O)N[C@H](CC(=O)OCc1ccc(Cl)cc1Cl)c1ccc(Cl)cc1. The second-order valence-corrected chi connectivity index (χ2v) is 6.49. The van der Waals surface area contributed by atoms with E-state index in [1.54, 1.807) is 42.5 Å². The Morgan fingerprint density at radius 1 is 1.04 bits per heavy atom. The van der Waals surface area contributed by atoms with Crippen LogP contribution in [0, 0.1) is 0 Å². The first-order chi connectivity index (χ1) is 11.8. The molecule has 0 saturated carbocycles. The van der Waals surface area contributed by atoms with Crippen molar-refractivity contribution >= 4 is 46.8 Å². The van der Waals surface area contributed by atoms with E-state index < -0.39 is 18.0 Å². The standard InChI is InChI=1S/C17H15Cl3N2O3/c18-12-4-1-10(2-5-12)15(22-17(21)24)8-16(23)25-9-11-3-6-13(19)7-14(11)20/h1-7,15H,8-9H2,(H3,21,22,24)/t15-/m1/s1. The normalized spacial score (nSPS) is 11.6. The van der Waals surface area contributed by atoms with Crippen molar-refractivity contribution < 1.29 is 14.3 Å². The number of carbonyl (C=O) groups is 2. The van der Waals surface area contributed by atoms with Crippen molar-refractivity contribution in [1.82, 2.24) is 5.32 Å². The monoisotopic (exact) mass is 400 g/mol. The minimum absolute atomic E-state index is 0.00125. The van der Waals surface area contributed by atoms with Crippen LogP contribution >= 0.6 is 34.8 Å². The molecular weight excluding hydrogens is 387 g/mol. The van der Waals surface area contributed by atoms with Crippen molar-refractivity contribution in [2.75, 3.05) is 0 Å². The second-order valence-electron chi connectivity index (χ2n) is 5.21. The second kappa shape index (κ2) is 8.94. The maximum atomic E-state index is 12.1. The maximum absolute atomic E-state index is 12.1. The quantitative estimate of drug-likeness (QED) is 0.700. The molecule has 0 spiro atoms. The van der Waals surface area contributed by atoms with Crippen LogP contribution in [0.25, 0.3) is 0 Å². The zero-order chi connectivity index (χ0) is 18.4. The fraction of sp³-hybridized carbons (Fsp3) is 0.176. The Labute approximate surface area is 160 Å². The fourth-order valence-electron chi connectivity index (χ4n) is 2.14. The third kappa shape index (κ3) is 6.12. The number of nitrogens with one attached hydrogen (secondary N) is 1. The Balaban J connectivity index is 2.01. The summed E-state index contributed by atoms with van der Waals surface area (Å²) in [7, 11) is 0. The first kappa shape index (κ1) is 19.4. The lowest BCUT2D eigenvalue weighted by Gasteiger charge is -2.17. The molecule has 0 aliphatic carbocycles. The van der Waals surface area contributed by atoms with Crippen LogP contribution in [0.3, 0.4) is 0 Å². The van der Waals surface area contributed by atoms with Gasteiger partial charge in [0, 0.05) is 20.6 Å². The lowest BCUT2D eigenvalue weighted by Crippen LogP contribution is -2.34. The minimum Gasteiger partial charge on any atom is -0.461 e. The highest BCUT2D eigenvalue weighted by Crippen LogP contribution is 2.23. The summed E-state index contributed by atoms with van der Waals surface area (Å²) in [6.45, 7) is -0.00125. The molecule has 1 atom stereocenters. The van der Waals surface area contributed by atoms with Crippen molar-refractivity contribution in [3.05, 3.63) is 68.7 Å². The number of primary amides is 1. The summed E-state index contributed by atoms with van der Waals surface area (Å²) in [5.74, 6) is -0.514. The molecule has 0 heterocycles. The molecule has 0 fully saturated rings. The van der Waals surface area contributed by atoms with E-state index in [2.05, 4.69) is 5.32 Å². The topological polar surface area (TPSA) is 81.4 Å². The molecule has 0 bridgehead atoms. The Morgan fingerprint density at radius 2 is 1.68 bits per heavy atom. The Hall–Kier alpha value is -1.95. The maximum Gasteiger partial charge on any atom is 0.312 e. The van der Waals surface area contributed by atoms with Gasteiger partial charge in [-0.3, -0.25) is 4.79 Å². The summed E-state index contributed by atoms with van der Waals surface area (Å²) in [6.07, 6.45) is -0.0875. The number of ether oxygens (including phenoxy) is 1. The molecule has 2 amide bonds. The Bertz CT molecular complexity index is 766. The fourth-order valence-corrected chi connectivity index (χ4v) is 2.73. The van der Waals surface area contributed by atoms with Crippen LogP contribution in [0.4, 0.5) is 4.79 Å². The van der Waals surface area contributed by atoms with Crippen LogP contribution in [-0.2, 0) is 16.1 Å². The summed E-state index contributed by atoms with van der Waals surface area (Å²) < 4.78 is 5.22. The molecule has 3 N–H and O–H groups in total. The molecule has 2 aromatic carbocycles. The minimum atomic E-state index is -0.742. The van der Waals surface area contributed by atoms with Crippen LogP contribution in [0.5, 0.6) is 0 Å². The lowest BCUT2D eigenvalue weighted by atomic mass is 10.0. The van der Waals surface area contributed by atoms with Crippen molar-refractivity contribution in [2.45, 2.75) is 19.1 Å². The van der Waals surface area contributed by atoms with E-state index in [1.807, 2.05) is 0 Å². The number of nitrogens with two attached hydrogens (primary N) is 1. The molecule has 2 rings (SSSR count). The number of rotatable bonds is 6. The van der Waals surface area contributed by atoms with E-state index in [0.717, 1.165) is 0 Å². The molecule has 8 heteroatoms. The highest BCUT2D eigenvalue weighted by atomic mass is 35.5. The van der Waals surface area contributed by atoms with Gasteiger partial charge in [0.2, 0.25) is 0 Å². The van der Waals surface area contributed by atoms with Gasteiger partial charge in [0.1, 0.15) is 6.61 Å². The summed E-state index contributed by atoms with van der Waals surface area (Å²) in [5.41, 5.74) is 6.49. The van der Waals surface area contributed by atoms with E-state index >= 15 is 0 Å². The van der Waals surface area contributed by atoms with Gasteiger partial charge in [0.25, 0.3) is 0 Å². The molecule has 5 nitrogen and oxygen atoms in total. The summed E-state index contributed by atoms with van der Waals surface area (Å²) in [5, 5.41) is 3.96. The van der Waals surface area contributed by atoms with Crippen LogP contribution < -0.4 is 11.1 Å². The molecule has 132 valence electrons. The Morgan fingerprint density at radius 3 is 2.28 bits per heavy atom. The van der Waals surface area contributed by atoms with E-state index in [1.165, 1.54) is 0 Å². The van der Waals surface area contributed by atoms with E-state index in [0.29, 0.717) is 26.2 Å². The van der Waals surface area contributed by atoms with Crippen LogP contribution in [0.2, 0.25) is 15.1 Å². The number of esters is 1. The van der Waals surface area contributed by atoms with Gasteiger partial charge in [0.05, 0.1) is 12.5 Å². The van der Waals surface area contributed by atoms with Gasteiger partial charge in [-0.15, -0.1) is 0 Å². The molecule has 0 aliphatic heterocycles. The summed E-state index contributed by atoms with van der Waals surface area (Å²) in [6, 6.07) is 10.3. The molecule has 0 aliphatic rings. The smallest absolute Gasteiger partial charge is 0.312 e. The molecule has 0 radical (unpaired) electrons. The third-order valence-corrected chi connectivity index (χ3v) is 4.20. The van der Waals surface area contributed by atoms with Crippen LogP contribution in [-0.4, -0.2) is 12.0 Å². The number of halogens is 3. The van der Waals surface area contributed by atoms with Gasteiger partial charge in [0.15, 0.2) is 0 Å². The van der Waals surface area contributed by atoms with Crippen molar-refractivity contribution in [3.63, 3.8) is 0 Å². The lowest BCUT2D eigenvalue weighted by molar-refractivity contribution is -0.145. The van der Waals surface area contributed by atoms with Gasteiger partial charge >= 0.3 is 12.0 Å². The molecule has 2 aromatic rings.